The smallest absolute Gasteiger partial charge is 0.0714 e. The Balaban J connectivity index is 1.14. The first-order valence-corrected chi connectivity index (χ1v) is 20.1. The molecule has 0 aliphatic heterocycles. The summed E-state index contributed by atoms with van der Waals surface area (Å²) >= 11 is 1.80. The molecule has 0 bridgehead atoms. The molecule has 0 fully saturated rings. The molecule has 0 radical (unpaired) electrons. The van der Waals surface area contributed by atoms with Gasteiger partial charge in [0.15, 0.2) is 0 Å². The third kappa shape index (κ3) is 5.44. The average molecular weight is 748 g/mol. The molecule has 0 spiro atoms. The maximum absolute atomic E-state index is 9.63. The number of rotatable bonds is 7. The van der Waals surface area contributed by atoms with Gasteiger partial charge in [-0.2, -0.15) is 0 Å². The fraction of sp³-hybridized carbons (Fsp3) is 0.0182. The Labute approximate surface area is 343 Å². The van der Waals surface area contributed by atoms with Crippen molar-refractivity contribution in [2.45, 2.75) is 5.41 Å². The van der Waals surface area contributed by atoms with E-state index in [9.17, 15) is 5.48 Å². The summed E-state index contributed by atoms with van der Waals surface area (Å²) in [6, 6.07) is 68.6. The van der Waals surface area contributed by atoms with Gasteiger partial charge in [-0.05, 0) is 110 Å². The van der Waals surface area contributed by atoms with E-state index in [1.165, 1.54) is 25.7 Å². The van der Waals surface area contributed by atoms with Crippen LogP contribution in [0.25, 0.3) is 53.6 Å². The van der Waals surface area contributed by atoms with E-state index in [0.717, 1.165) is 50.3 Å². The second kappa shape index (κ2) is 13.6. The molecule has 57 heavy (non-hydrogen) atoms. The van der Waals surface area contributed by atoms with Gasteiger partial charge in [0, 0.05) is 37.2 Å². The molecule has 9 aromatic carbocycles. The highest BCUT2D eigenvalue weighted by atomic mass is 32.1. The molecule has 0 amide bonds. The second-order valence-electron chi connectivity index (χ2n) is 14.5. The lowest BCUT2D eigenvalue weighted by Crippen LogP contribution is -2.28. The predicted octanol–water partition coefficient (Wildman–Crippen LogP) is 15.2. The number of fused-ring (bicyclic) bond motifs is 6. The van der Waals surface area contributed by atoms with Gasteiger partial charge in [0.05, 0.1) is 10.9 Å². The third-order valence-electron chi connectivity index (χ3n) is 11.4. The van der Waals surface area contributed by atoms with Gasteiger partial charge < -0.3 is 4.90 Å². The summed E-state index contributed by atoms with van der Waals surface area (Å²) in [7, 11) is 0. The van der Waals surface area contributed by atoms with Crippen molar-refractivity contribution in [2.75, 3.05) is 4.90 Å². The zero-order valence-electron chi connectivity index (χ0n) is 34.9. The largest absolute Gasteiger partial charge is 0.310 e. The van der Waals surface area contributed by atoms with Crippen molar-refractivity contribution in [3.63, 3.8) is 0 Å². The number of anilines is 3. The van der Waals surface area contributed by atoms with Crippen LogP contribution in [0.1, 0.15) is 27.7 Å². The predicted molar refractivity (Wildman–Crippen MR) is 242 cm³/mol. The molecule has 268 valence electrons. The van der Waals surface area contributed by atoms with Gasteiger partial charge in [0.25, 0.3) is 0 Å². The molecule has 0 N–H and O–H groups in total. The highest BCUT2D eigenvalue weighted by Gasteiger charge is 2.46. The van der Waals surface area contributed by atoms with Crippen LogP contribution in [0.2, 0.25) is 0 Å². The molecule has 2 heteroatoms. The zero-order chi connectivity index (χ0) is 41.2. The fourth-order valence-corrected chi connectivity index (χ4v) is 9.94. The zero-order valence-corrected chi connectivity index (χ0v) is 31.7. The monoisotopic (exact) mass is 747 g/mol. The Bertz CT molecular complexity index is 3220. The van der Waals surface area contributed by atoms with Crippen LogP contribution >= 0.6 is 11.3 Å². The van der Waals surface area contributed by atoms with E-state index in [1.807, 2.05) is 59.5 Å². The van der Waals surface area contributed by atoms with E-state index in [4.69, 9.17) is 0 Å². The van der Waals surface area contributed by atoms with Gasteiger partial charge in [-0.3, -0.25) is 0 Å². The molecule has 1 nitrogen and oxygen atoms in total. The summed E-state index contributed by atoms with van der Waals surface area (Å²) < 4.78 is 40.5. The van der Waals surface area contributed by atoms with E-state index in [1.54, 1.807) is 11.3 Å². The van der Waals surface area contributed by atoms with Crippen LogP contribution in [0.5, 0.6) is 0 Å². The van der Waals surface area contributed by atoms with Crippen LogP contribution < -0.4 is 4.90 Å². The Morgan fingerprint density at radius 2 is 0.930 bits per heavy atom. The van der Waals surface area contributed by atoms with Gasteiger partial charge in [0.1, 0.15) is 0 Å². The van der Waals surface area contributed by atoms with Gasteiger partial charge in [0.2, 0.25) is 0 Å². The molecule has 0 saturated heterocycles. The molecular formula is C55H37NS. The average Bonchev–Trinajstić information content (AvgIpc) is 3.84. The quantitative estimate of drug-likeness (QED) is 0.157. The number of nitrogens with zero attached hydrogens (tertiary/aromatic N) is 1. The topological polar surface area (TPSA) is 3.24 Å². The van der Waals surface area contributed by atoms with Gasteiger partial charge >= 0.3 is 0 Å². The summed E-state index contributed by atoms with van der Waals surface area (Å²) in [6.45, 7) is 0. The maximum atomic E-state index is 9.63. The summed E-state index contributed by atoms with van der Waals surface area (Å²) in [6.07, 6.45) is 0. The highest BCUT2D eigenvalue weighted by molar-refractivity contribution is 7.25. The molecule has 0 unspecified atom stereocenters. The first-order chi connectivity index (χ1) is 29.9. The molecule has 0 atom stereocenters. The second-order valence-corrected chi connectivity index (χ2v) is 15.6. The van der Waals surface area contributed by atoms with E-state index in [0.29, 0.717) is 5.56 Å². The first kappa shape index (κ1) is 29.3. The standard InChI is InChI=1S/C55H37NS/c1-4-14-38(15-5-1)39-24-29-44(30-25-39)56(45-31-26-40(27-32-45)41-28-35-54-50(36-41)49-21-11-13-23-53(49)57-54)46-33-34-48-47-20-10-12-22-51(47)55(52(48)37-46,42-16-6-2-7-17-42)43-18-8-3-9-19-43/h1-37H/i24D,25D,29D,30D. The van der Waals surface area contributed by atoms with Gasteiger partial charge in [-0.25, -0.2) is 0 Å². The number of benzene rings is 9. The minimum atomic E-state index is -0.670. The summed E-state index contributed by atoms with van der Waals surface area (Å²) in [5.41, 5.74) is 10.8. The van der Waals surface area contributed by atoms with Crippen molar-refractivity contribution in [1.82, 2.24) is 0 Å². The Morgan fingerprint density at radius 1 is 0.368 bits per heavy atom. The molecule has 1 aliphatic carbocycles. The molecule has 1 heterocycles. The molecular weight excluding hydrogens is 707 g/mol. The maximum Gasteiger partial charge on any atom is 0.0714 e. The summed E-state index contributed by atoms with van der Waals surface area (Å²) in [5.74, 6) is 0. The lowest BCUT2D eigenvalue weighted by atomic mass is 9.67. The molecule has 10 aromatic rings. The molecule has 1 aliphatic rings. The number of thiophene rings is 1. The van der Waals surface area contributed by atoms with Crippen LogP contribution in [-0.4, -0.2) is 0 Å². The highest BCUT2D eigenvalue weighted by Crippen LogP contribution is 2.57. The minimum Gasteiger partial charge on any atom is -0.310 e. The molecule has 0 saturated carbocycles. The van der Waals surface area contributed by atoms with Crippen LogP contribution in [0.3, 0.4) is 0 Å². The van der Waals surface area contributed by atoms with Crippen molar-refractivity contribution in [3.8, 4) is 33.4 Å². The SMILES string of the molecule is [2H]c1c([2H])c(N(c2ccc(-c3ccc4sc5ccccc5c4c3)cc2)c2ccc3c(c2)C(c2ccccc2)(c2ccccc2)c2ccccc2-3)c([2H])c([2H])c1-c1ccccc1. The van der Waals surface area contributed by atoms with Crippen molar-refractivity contribution in [1.29, 1.82) is 0 Å². The Morgan fingerprint density at radius 3 is 1.67 bits per heavy atom. The van der Waals surface area contributed by atoms with Crippen LogP contribution in [-0.2, 0) is 5.41 Å². The van der Waals surface area contributed by atoms with Gasteiger partial charge in [-0.1, -0.05) is 170 Å². The number of hydrogen-bond acceptors (Lipinski definition) is 2. The number of hydrogen-bond donors (Lipinski definition) is 0. The van der Waals surface area contributed by atoms with E-state index in [2.05, 4.69) is 146 Å². The lowest BCUT2D eigenvalue weighted by molar-refractivity contribution is 0.768. The van der Waals surface area contributed by atoms with E-state index in [-0.39, 0.29) is 35.4 Å². The van der Waals surface area contributed by atoms with Crippen molar-refractivity contribution < 1.29 is 5.48 Å². The summed E-state index contributed by atoms with van der Waals surface area (Å²) in [5, 5.41) is 2.47. The third-order valence-corrected chi connectivity index (χ3v) is 12.6. The van der Waals surface area contributed by atoms with Crippen molar-refractivity contribution in [2.24, 2.45) is 0 Å². The Kier molecular flexibility index (Phi) is 7.01. The van der Waals surface area contributed by atoms with Crippen LogP contribution in [0.4, 0.5) is 17.1 Å². The fourth-order valence-electron chi connectivity index (χ4n) is 8.85. The molecule has 1 aromatic heterocycles. The van der Waals surface area contributed by atoms with Crippen LogP contribution in [0, 0.1) is 0 Å². The lowest BCUT2D eigenvalue weighted by Gasteiger charge is -2.35. The molecule has 11 rings (SSSR count). The Hall–Kier alpha value is -7.00. The minimum absolute atomic E-state index is 0.0865. The van der Waals surface area contributed by atoms with E-state index < -0.39 is 5.41 Å². The normalized spacial score (nSPS) is 13.7. The van der Waals surface area contributed by atoms with Crippen LogP contribution in [0.15, 0.2) is 224 Å². The first-order valence-electron chi connectivity index (χ1n) is 21.3. The summed E-state index contributed by atoms with van der Waals surface area (Å²) in [4.78, 5) is 1.92. The van der Waals surface area contributed by atoms with E-state index >= 15 is 0 Å². The van der Waals surface area contributed by atoms with Gasteiger partial charge in [-0.15, -0.1) is 11.3 Å². The van der Waals surface area contributed by atoms with Crippen molar-refractivity contribution in [3.05, 3.63) is 247 Å². The van der Waals surface area contributed by atoms with Crippen molar-refractivity contribution >= 4 is 48.6 Å².